The van der Waals surface area contributed by atoms with E-state index in [-0.39, 0.29) is 34.9 Å². The molecule has 3 saturated carbocycles. The molecule has 0 N–H and O–H groups in total. The van der Waals surface area contributed by atoms with Crippen LogP contribution in [0.1, 0.15) is 91.0 Å². The van der Waals surface area contributed by atoms with Gasteiger partial charge in [-0.05, 0) is 103 Å². The molecule has 0 saturated heterocycles. The average molecular weight is 506 g/mol. The lowest BCUT2D eigenvalue weighted by molar-refractivity contribution is -0.148. The zero-order valence-corrected chi connectivity index (χ0v) is 23.4. The van der Waals surface area contributed by atoms with Gasteiger partial charge in [-0.15, -0.1) is 0 Å². The van der Waals surface area contributed by atoms with Crippen LogP contribution in [0.5, 0.6) is 5.75 Å². The molecule has 5 nitrogen and oxygen atoms in total. The van der Waals surface area contributed by atoms with Crippen molar-refractivity contribution in [1.82, 2.24) is 0 Å². The molecule has 0 bridgehead atoms. The van der Waals surface area contributed by atoms with Gasteiger partial charge in [0.2, 0.25) is 5.91 Å². The summed E-state index contributed by atoms with van der Waals surface area (Å²) in [6, 6.07) is 6.54. The van der Waals surface area contributed by atoms with Crippen LogP contribution in [-0.2, 0) is 14.3 Å². The number of benzene rings is 1. The van der Waals surface area contributed by atoms with Crippen LogP contribution in [0.25, 0.3) is 0 Å². The van der Waals surface area contributed by atoms with Gasteiger partial charge in [-0.3, -0.25) is 9.59 Å². The van der Waals surface area contributed by atoms with Gasteiger partial charge in [0.15, 0.2) is 0 Å². The summed E-state index contributed by atoms with van der Waals surface area (Å²) in [5.41, 5.74) is 4.31. The third-order valence-corrected chi connectivity index (χ3v) is 11.7. The standard InChI is InChI=1S/C32H43NO4/c1-18-25-16-22(36-6)8-10-28(25)33(19(2)34)29-17-27-24-9-7-21-15-23(37-20(3)35)11-13-31(21,4)26(24)12-14-32(27,5)30(18)29/h7-8,10,16,18,23-24,26-27,29-30H,9,11-15,17H2,1-6H3/t18-,23+,24-,26+,27+,29+,30+,31+,32+/m1/s1. The van der Waals surface area contributed by atoms with Gasteiger partial charge in [0.1, 0.15) is 11.9 Å². The van der Waals surface area contributed by atoms with Crippen LogP contribution in [0.4, 0.5) is 5.69 Å². The largest absolute Gasteiger partial charge is 0.497 e. The Labute approximate surface area is 222 Å². The Morgan fingerprint density at radius 1 is 1.08 bits per heavy atom. The number of carbonyl (C=O) groups is 2. The number of hydrogen-bond acceptors (Lipinski definition) is 4. The van der Waals surface area contributed by atoms with Crippen LogP contribution in [0.2, 0.25) is 0 Å². The second kappa shape index (κ2) is 8.61. The summed E-state index contributed by atoms with van der Waals surface area (Å²) in [5, 5.41) is 0. The van der Waals surface area contributed by atoms with Crippen LogP contribution in [0, 0.1) is 34.5 Å². The summed E-state index contributed by atoms with van der Waals surface area (Å²) in [6.45, 7) is 10.7. The van der Waals surface area contributed by atoms with E-state index < -0.39 is 0 Å². The maximum Gasteiger partial charge on any atom is 0.302 e. The highest BCUT2D eigenvalue weighted by Gasteiger charge is 2.64. The Morgan fingerprint density at radius 2 is 1.86 bits per heavy atom. The Bertz CT molecular complexity index is 1160. The number of anilines is 1. The number of amides is 1. The minimum Gasteiger partial charge on any atom is -0.497 e. The third-order valence-electron chi connectivity index (χ3n) is 11.7. The minimum atomic E-state index is -0.160. The van der Waals surface area contributed by atoms with Gasteiger partial charge in [0, 0.05) is 32.0 Å². The van der Waals surface area contributed by atoms with Gasteiger partial charge in [0.05, 0.1) is 7.11 Å². The highest BCUT2D eigenvalue weighted by atomic mass is 16.5. The summed E-state index contributed by atoms with van der Waals surface area (Å²) < 4.78 is 11.2. The molecular formula is C32H43NO4. The van der Waals surface area contributed by atoms with Crippen molar-refractivity contribution in [3.05, 3.63) is 35.4 Å². The minimum absolute atomic E-state index is 0.0389. The maximum atomic E-state index is 13.2. The normalized spacial score (nSPS) is 41.8. The lowest BCUT2D eigenvalue weighted by Gasteiger charge is -2.58. The molecular weight excluding hydrogens is 462 g/mol. The van der Waals surface area contributed by atoms with Crippen molar-refractivity contribution in [2.75, 3.05) is 12.0 Å². The molecule has 37 heavy (non-hydrogen) atoms. The molecule has 0 aromatic heterocycles. The number of ether oxygens (including phenoxy) is 2. The van der Waals surface area contributed by atoms with Crippen molar-refractivity contribution < 1.29 is 19.1 Å². The van der Waals surface area contributed by atoms with Crippen molar-refractivity contribution in [3.8, 4) is 5.75 Å². The second-order valence-electron chi connectivity index (χ2n) is 13.2. The number of methoxy groups -OCH3 is 1. The average Bonchev–Trinajstić information content (AvgIpc) is 3.16. The highest BCUT2D eigenvalue weighted by molar-refractivity contribution is 5.94. The molecule has 1 aromatic rings. The smallest absolute Gasteiger partial charge is 0.302 e. The molecule has 0 spiro atoms. The van der Waals surface area contributed by atoms with Crippen LogP contribution >= 0.6 is 0 Å². The third kappa shape index (κ3) is 3.55. The van der Waals surface area contributed by atoms with E-state index in [4.69, 9.17) is 9.47 Å². The van der Waals surface area contributed by atoms with E-state index in [1.807, 2.05) is 6.07 Å². The predicted octanol–water partition coefficient (Wildman–Crippen LogP) is 6.65. The van der Waals surface area contributed by atoms with E-state index >= 15 is 0 Å². The van der Waals surface area contributed by atoms with E-state index in [2.05, 4.69) is 43.9 Å². The first-order chi connectivity index (χ1) is 17.6. The number of carbonyl (C=O) groups excluding carboxylic acids is 2. The molecule has 0 unspecified atom stereocenters. The van der Waals surface area contributed by atoms with Crippen LogP contribution in [-0.4, -0.2) is 31.1 Å². The molecule has 5 aliphatic rings. The lowest BCUT2D eigenvalue weighted by Crippen LogP contribution is -2.52. The fourth-order valence-electron chi connectivity index (χ4n) is 10.2. The molecule has 1 amide bonds. The van der Waals surface area contributed by atoms with E-state index in [0.29, 0.717) is 29.6 Å². The fourth-order valence-corrected chi connectivity index (χ4v) is 10.2. The molecule has 4 aliphatic carbocycles. The van der Waals surface area contributed by atoms with Gasteiger partial charge in [-0.1, -0.05) is 32.4 Å². The molecule has 1 aromatic carbocycles. The van der Waals surface area contributed by atoms with Crippen LogP contribution in [0.3, 0.4) is 0 Å². The Kier molecular flexibility index (Phi) is 5.82. The van der Waals surface area contributed by atoms with Crippen molar-refractivity contribution >= 4 is 17.6 Å². The molecule has 3 fully saturated rings. The first-order valence-electron chi connectivity index (χ1n) is 14.4. The van der Waals surface area contributed by atoms with Gasteiger partial charge in [-0.25, -0.2) is 0 Å². The topological polar surface area (TPSA) is 55.8 Å². The van der Waals surface area contributed by atoms with Crippen LogP contribution in [0.15, 0.2) is 29.8 Å². The second-order valence-corrected chi connectivity index (χ2v) is 13.2. The van der Waals surface area contributed by atoms with E-state index in [9.17, 15) is 9.59 Å². The van der Waals surface area contributed by atoms with E-state index in [0.717, 1.165) is 43.5 Å². The number of hydrogen-bond donors (Lipinski definition) is 0. The van der Waals surface area contributed by atoms with Crippen molar-refractivity contribution in [2.24, 2.45) is 34.5 Å². The maximum absolute atomic E-state index is 13.2. The van der Waals surface area contributed by atoms with Crippen molar-refractivity contribution in [3.63, 3.8) is 0 Å². The van der Waals surface area contributed by atoms with Gasteiger partial charge in [0.25, 0.3) is 0 Å². The molecule has 1 aliphatic heterocycles. The van der Waals surface area contributed by atoms with Crippen molar-refractivity contribution in [1.29, 1.82) is 0 Å². The first kappa shape index (κ1) is 25.0. The lowest BCUT2D eigenvalue weighted by atomic mass is 9.46. The monoisotopic (exact) mass is 505 g/mol. The summed E-state index contributed by atoms with van der Waals surface area (Å²) in [5.74, 6) is 3.67. The predicted molar refractivity (Wildman–Crippen MR) is 144 cm³/mol. The van der Waals surface area contributed by atoms with E-state index in [1.54, 1.807) is 14.0 Å². The van der Waals surface area contributed by atoms with Crippen LogP contribution < -0.4 is 9.64 Å². The quantitative estimate of drug-likeness (QED) is 0.333. The van der Waals surface area contributed by atoms with Gasteiger partial charge >= 0.3 is 5.97 Å². The zero-order valence-electron chi connectivity index (χ0n) is 23.4. The Balaban J connectivity index is 1.35. The molecule has 0 radical (unpaired) electrons. The van der Waals surface area contributed by atoms with Gasteiger partial charge < -0.3 is 14.4 Å². The summed E-state index contributed by atoms with van der Waals surface area (Å²) in [7, 11) is 1.72. The number of rotatable bonds is 2. The summed E-state index contributed by atoms with van der Waals surface area (Å²) in [6.07, 6.45) is 10.2. The van der Waals surface area contributed by atoms with Gasteiger partial charge in [-0.2, -0.15) is 0 Å². The Hall–Kier alpha value is -2.30. The first-order valence-corrected chi connectivity index (χ1v) is 14.4. The number of esters is 1. The summed E-state index contributed by atoms with van der Waals surface area (Å²) in [4.78, 5) is 26.9. The fraction of sp³-hybridized carbons (Fsp3) is 0.688. The number of allylic oxidation sites excluding steroid dienone is 1. The van der Waals surface area contributed by atoms with Crippen molar-refractivity contribution in [2.45, 2.75) is 97.6 Å². The number of nitrogens with zero attached hydrogens (tertiary/aromatic N) is 1. The molecule has 6 rings (SSSR count). The number of fused-ring (bicyclic) bond motifs is 8. The molecule has 5 heteroatoms. The molecule has 9 atom stereocenters. The molecule has 1 heterocycles. The zero-order chi connectivity index (χ0) is 26.3. The Morgan fingerprint density at radius 3 is 2.57 bits per heavy atom. The highest BCUT2D eigenvalue weighted by Crippen LogP contribution is 2.69. The van der Waals surface area contributed by atoms with E-state index in [1.165, 1.54) is 30.9 Å². The summed E-state index contributed by atoms with van der Waals surface area (Å²) >= 11 is 0. The molecule has 200 valence electrons. The SMILES string of the molecule is COc1ccc2c(c1)[C@@H](C)[C@H]1[C@H](C[C@H]3[C@@H]4CC=C5C[C@@H](OC(C)=O)CC[C@]5(C)[C@H]4CC[C@]13C)N2C(C)=O.